The molecule has 1 aliphatic rings. The standard InChI is InChI=1S/C12H21N3OS/c1-3-16-8-7-15(2)12-14-10-6-4-5-9(13)11(10)17-12/h9H,3-8,13H2,1-2H3. The lowest BCUT2D eigenvalue weighted by Crippen LogP contribution is -2.22. The topological polar surface area (TPSA) is 51.4 Å². The molecule has 1 aromatic heterocycles. The average molecular weight is 255 g/mol. The van der Waals surface area contributed by atoms with E-state index in [1.165, 1.54) is 17.0 Å². The molecule has 0 fully saturated rings. The monoisotopic (exact) mass is 255 g/mol. The summed E-state index contributed by atoms with van der Waals surface area (Å²) in [5.74, 6) is 0. The summed E-state index contributed by atoms with van der Waals surface area (Å²) < 4.78 is 5.36. The van der Waals surface area contributed by atoms with E-state index < -0.39 is 0 Å². The van der Waals surface area contributed by atoms with E-state index in [-0.39, 0.29) is 6.04 Å². The van der Waals surface area contributed by atoms with Gasteiger partial charge in [0.15, 0.2) is 5.13 Å². The molecule has 1 heterocycles. The molecule has 0 saturated carbocycles. The summed E-state index contributed by atoms with van der Waals surface area (Å²) in [7, 11) is 2.06. The highest BCUT2D eigenvalue weighted by molar-refractivity contribution is 7.15. The first-order valence-corrected chi connectivity index (χ1v) is 7.08. The predicted octanol–water partition coefficient (Wildman–Crippen LogP) is 1.95. The molecule has 0 amide bonds. The van der Waals surface area contributed by atoms with Crippen LogP contribution in [0, 0.1) is 0 Å². The maximum Gasteiger partial charge on any atom is 0.185 e. The van der Waals surface area contributed by atoms with Crippen molar-refractivity contribution in [2.45, 2.75) is 32.2 Å². The van der Waals surface area contributed by atoms with Gasteiger partial charge in [-0.3, -0.25) is 0 Å². The van der Waals surface area contributed by atoms with E-state index >= 15 is 0 Å². The van der Waals surface area contributed by atoms with Gasteiger partial charge in [-0.25, -0.2) is 4.98 Å². The summed E-state index contributed by atoms with van der Waals surface area (Å²) in [5, 5.41) is 1.08. The molecule has 96 valence electrons. The number of hydrogen-bond acceptors (Lipinski definition) is 5. The minimum Gasteiger partial charge on any atom is -0.380 e. The number of ether oxygens (including phenoxy) is 1. The van der Waals surface area contributed by atoms with E-state index in [0.717, 1.165) is 37.7 Å². The number of nitrogens with zero attached hydrogens (tertiary/aromatic N) is 2. The number of likely N-dealkylation sites (N-methyl/N-ethyl adjacent to an activating group) is 1. The molecule has 1 atom stereocenters. The number of anilines is 1. The molecule has 0 spiro atoms. The third-order valence-corrected chi connectivity index (χ3v) is 4.43. The SMILES string of the molecule is CCOCCN(C)c1nc2c(s1)C(N)CCC2. The van der Waals surface area contributed by atoms with Crippen molar-refractivity contribution in [1.82, 2.24) is 4.98 Å². The normalized spacial score (nSPS) is 19.1. The van der Waals surface area contributed by atoms with Gasteiger partial charge in [-0.05, 0) is 26.2 Å². The van der Waals surface area contributed by atoms with E-state index in [0.29, 0.717) is 0 Å². The maximum absolute atomic E-state index is 6.11. The van der Waals surface area contributed by atoms with Crippen molar-refractivity contribution in [3.05, 3.63) is 10.6 Å². The van der Waals surface area contributed by atoms with Crippen LogP contribution in [0.2, 0.25) is 0 Å². The van der Waals surface area contributed by atoms with E-state index in [1.54, 1.807) is 11.3 Å². The van der Waals surface area contributed by atoms with Crippen molar-refractivity contribution in [3.63, 3.8) is 0 Å². The molecule has 0 bridgehead atoms. The van der Waals surface area contributed by atoms with Gasteiger partial charge in [0.2, 0.25) is 0 Å². The van der Waals surface area contributed by atoms with Gasteiger partial charge in [0, 0.05) is 31.1 Å². The lowest BCUT2D eigenvalue weighted by Gasteiger charge is -2.15. The molecule has 2 N–H and O–H groups in total. The first-order valence-electron chi connectivity index (χ1n) is 6.26. The summed E-state index contributed by atoms with van der Waals surface area (Å²) >= 11 is 1.74. The van der Waals surface area contributed by atoms with Crippen LogP contribution in [0.1, 0.15) is 36.4 Å². The van der Waals surface area contributed by atoms with Crippen LogP contribution in [-0.2, 0) is 11.2 Å². The van der Waals surface area contributed by atoms with E-state index in [4.69, 9.17) is 10.5 Å². The second-order valence-corrected chi connectivity index (χ2v) is 5.43. The zero-order valence-corrected chi connectivity index (χ0v) is 11.4. The summed E-state index contributed by atoms with van der Waals surface area (Å²) in [6, 6.07) is 0.199. The van der Waals surface area contributed by atoms with Crippen molar-refractivity contribution in [2.24, 2.45) is 5.73 Å². The molecule has 0 saturated heterocycles. The minimum absolute atomic E-state index is 0.199. The Kier molecular flexibility index (Phi) is 4.36. The van der Waals surface area contributed by atoms with Crippen molar-refractivity contribution < 1.29 is 4.74 Å². The van der Waals surface area contributed by atoms with Gasteiger partial charge < -0.3 is 15.4 Å². The molecular formula is C12H21N3OS. The molecule has 0 aliphatic heterocycles. The largest absolute Gasteiger partial charge is 0.380 e. The molecule has 4 nitrogen and oxygen atoms in total. The van der Waals surface area contributed by atoms with Crippen molar-refractivity contribution in [1.29, 1.82) is 0 Å². The van der Waals surface area contributed by atoms with Crippen LogP contribution >= 0.6 is 11.3 Å². The van der Waals surface area contributed by atoms with Gasteiger partial charge in [0.05, 0.1) is 12.3 Å². The molecule has 2 rings (SSSR count). The molecule has 5 heteroatoms. The van der Waals surface area contributed by atoms with E-state index in [2.05, 4.69) is 16.9 Å². The molecule has 1 aliphatic carbocycles. The van der Waals surface area contributed by atoms with Crippen LogP contribution in [0.15, 0.2) is 0 Å². The van der Waals surface area contributed by atoms with E-state index in [1.807, 2.05) is 6.92 Å². The Bertz CT molecular complexity index is 367. The molecule has 1 aromatic rings. The van der Waals surface area contributed by atoms with Gasteiger partial charge in [0.25, 0.3) is 0 Å². The van der Waals surface area contributed by atoms with Crippen LogP contribution in [-0.4, -0.2) is 31.8 Å². The Hall–Kier alpha value is -0.650. The third kappa shape index (κ3) is 2.97. The average Bonchev–Trinajstić information content (AvgIpc) is 2.75. The van der Waals surface area contributed by atoms with Gasteiger partial charge in [-0.1, -0.05) is 0 Å². The van der Waals surface area contributed by atoms with Crippen LogP contribution in [0.3, 0.4) is 0 Å². The number of hydrogen-bond donors (Lipinski definition) is 1. The number of aromatic nitrogens is 1. The second kappa shape index (κ2) is 5.80. The summed E-state index contributed by atoms with van der Waals surface area (Å²) in [6.07, 6.45) is 3.34. The quantitative estimate of drug-likeness (QED) is 0.817. The zero-order chi connectivity index (χ0) is 12.3. The number of fused-ring (bicyclic) bond motifs is 1. The highest BCUT2D eigenvalue weighted by Gasteiger charge is 2.22. The van der Waals surface area contributed by atoms with Crippen LogP contribution in [0.4, 0.5) is 5.13 Å². The zero-order valence-electron chi connectivity index (χ0n) is 10.6. The molecule has 0 radical (unpaired) electrons. The lowest BCUT2D eigenvalue weighted by atomic mass is 9.99. The lowest BCUT2D eigenvalue weighted by molar-refractivity contribution is 0.154. The summed E-state index contributed by atoms with van der Waals surface area (Å²) in [4.78, 5) is 8.13. The van der Waals surface area contributed by atoms with Crippen LogP contribution < -0.4 is 10.6 Å². The van der Waals surface area contributed by atoms with Crippen molar-refractivity contribution in [3.8, 4) is 0 Å². The fourth-order valence-corrected chi connectivity index (χ4v) is 3.18. The van der Waals surface area contributed by atoms with Gasteiger partial charge in [-0.2, -0.15) is 0 Å². The minimum atomic E-state index is 0.199. The summed E-state index contributed by atoms with van der Waals surface area (Å²) in [5.41, 5.74) is 7.32. The van der Waals surface area contributed by atoms with Crippen LogP contribution in [0.25, 0.3) is 0 Å². The van der Waals surface area contributed by atoms with Gasteiger partial charge in [0.1, 0.15) is 0 Å². The fraction of sp³-hybridized carbons (Fsp3) is 0.750. The second-order valence-electron chi connectivity index (χ2n) is 4.42. The van der Waals surface area contributed by atoms with Crippen molar-refractivity contribution >= 4 is 16.5 Å². The first kappa shape index (κ1) is 12.8. The Labute approximate surface area is 107 Å². The first-order chi connectivity index (χ1) is 8.22. The third-order valence-electron chi connectivity index (χ3n) is 3.08. The van der Waals surface area contributed by atoms with E-state index in [9.17, 15) is 0 Å². The Morgan fingerprint density at radius 1 is 1.59 bits per heavy atom. The maximum atomic E-state index is 6.11. The Morgan fingerprint density at radius 3 is 3.12 bits per heavy atom. The van der Waals surface area contributed by atoms with Gasteiger partial charge in [-0.15, -0.1) is 11.3 Å². The Balaban J connectivity index is 2.01. The number of nitrogens with two attached hydrogens (primary N) is 1. The Morgan fingerprint density at radius 2 is 2.41 bits per heavy atom. The van der Waals surface area contributed by atoms with Gasteiger partial charge >= 0.3 is 0 Å². The van der Waals surface area contributed by atoms with Crippen molar-refractivity contribution in [2.75, 3.05) is 31.7 Å². The number of aryl methyl sites for hydroxylation is 1. The molecule has 17 heavy (non-hydrogen) atoms. The number of rotatable bonds is 5. The molecule has 0 aromatic carbocycles. The number of thiazole rings is 1. The smallest absolute Gasteiger partial charge is 0.185 e. The highest BCUT2D eigenvalue weighted by Crippen LogP contribution is 2.35. The molecule has 1 unspecified atom stereocenters. The molecular weight excluding hydrogens is 234 g/mol. The highest BCUT2D eigenvalue weighted by atomic mass is 32.1. The predicted molar refractivity (Wildman–Crippen MR) is 71.7 cm³/mol. The van der Waals surface area contributed by atoms with Crippen LogP contribution in [0.5, 0.6) is 0 Å². The summed E-state index contributed by atoms with van der Waals surface area (Å²) in [6.45, 7) is 4.42. The fourth-order valence-electron chi connectivity index (χ4n) is 2.04.